The molecule has 0 aliphatic heterocycles. The fraction of sp³-hybridized carbons (Fsp3) is 0.550. The molecule has 0 aromatic carbocycles. The second kappa shape index (κ2) is 14.3. The number of unbranched alkanes of at least 4 members (excludes halogenated alkanes) is 5. The quantitative estimate of drug-likeness (QED) is 0.233. The van der Waals surface area contributed by atoms with Gasteiger partial charge in [0.2, 0.25) is 5.91 Å². The molecule has 6 heteroatoms. The summed E-state index contributed by atoms with van der Waals surface area (Å²) in [6.07, 6.45) is 15.7. The van der Waals surface area contributed by atoms with E-state index < -0.39 is 0 Å². The molecule has 5 nitrogen and oxygen atoms in total. The minimum Gasteiger partial charge on any atom is -0.463 e. The number of ether oxygens (including phenoxy) is 1. The second-order valence-electron chi connectivity index (χ2n) is 6.49. The molecule has 0 saturated carbocycles. The summed E-state index contributed by atoms with van der Waals surface area (Å²) in [5.41, 5.74) is 0. The van der Waals surface area contributed by atoms with E-state index in [4.69, 9.17) is 16.3 Å². The highest BCUT2D eigenvalue weighted by Crippen LogP contribution is 2.09. The molecule has 1 aromatic heterocycles. The van der Waals surface area contributed by atoms with Gasteiger partial charge in [0.25, 0.3) is 0 Å². The summed E-state index contributed by atoms with van der Waals surface area (Å²) in [4.78, 5) is 19.4. The van der Waals surface area contributed by atoms with E-state index in [1.807, 2.05) is 6.08 Å². The molecule has 144 valence electrons. The summed E-state index contributed by atoms with van der Waals surface area (Å²) in [6.45, 7) is 5.48. The van der Waals surface area contributed by atoms with Crippen LogP contribution in [-0.4, -0.2) is 29.0 Å². The number of nitrogens with one attached hydrogen (secondary N) is 1. The first-order valence-electron chi connectivity index (χ1n) is 9.30. The summed E-state index contributed by atoms with van der Waals surface area (Å²) in [5, 5.41) is 3.24. The van der Waals surface area contributed by atoms with Crippen LogP contribution < -0.4 is 10.1 Å². The monoisotopic (exact) mass is 379 g/mol. The van der Waals surface area contributed by atoms with Gasteiger partial charge in [0.15, 0.2) is 0 Å². The van der Waals surface area contributed by atoms with Crippen LogP contribution in [0.15, 0.2) is 36.6 Å². The van der Waals surface area contributed by atoms with Crippen LogP contribution in [0.5, 0.6) is 6.01 Å². The van der Waals surface area contributed by atoms with E-state index in [1.165, 1.54) is 12.8 Å². The number of carbonyl (C=O) groups is 1. The van der Waals surface area contributed by atoms with Crippen molar-refractivity contribution >= 4 is 17.5 Å². The highest BCUT2D eigenvalue weighted by molar-refractivity contribution is 6.29. The Kier molecular flexibility index (Phi) is 12.2. The smallest absolute Gasteiger partial charge is 0.317 e. The van der Waals surface area contributed by atoms with Crippen molar-refractivity contribution in [3.05, 3.63) is 41.7 Å². The molecule has 0 spiro atoms. The number of allylic oxidation sites excluding steroid dienone is 3. The Morgan fingerprint density at radius 1 is 1.23 bits per heavy atom. The molecule has 0 fully saturated rings. The van der Waals surface area contributed by atoms with Gasteiger partial charge in [-0.3, -0.25) is 4.79 Å². The van der Waals surface area contributed by atoms with Crippen molar-refractivity contribution in [3.63, 3.8) is 0 Å². The maximum Gasteiger partial charge on any atom is 0.317 e. The molecule has 0 saturated heterocycles. The molecular weight excluding hydrogens is 350 g/mol. The molecule has 1 amide bonds. The van der Waals surface area contributed by atoms with Crippen molar-refractivity contribution in [2.45, 2.75) is 52.4 Å². The van der Waals surface area contributed by atoms with Gasteiger partial charge in [0.1, 0.15) is 5.15 Å². The Balaban J connectivity index is 1.93. The molecule has 26 heavy (non-hydrogen) atoms. The average molecular weight is 380 g/mol. The number of aromatic nitrogens is 2. The van der Waals surface area contributed by atoms with Crippen molar-refractivity contribution in [1.29, 1.82) is 0 Å². The van der Waals surface area contributed by atoms with Crippen LogP contribution in [-0.2, 0) is 4.79 Å². The summed E-state index contributed by atoms with van der Waals surface area (Å²) >= 11 is 5.77. The predicted octanol–water partition coefficient (Wildman–Crippen LogP) is 4.73. The first-order valence-corrected chi connectivity index (χ1v) is 9.68. The van der Waals surface area contributed by atoms with Gasteiger partial charge in [-0.25, -0.2) is 4.98 Å². The van der Waals surface area contributed by atoms with Gasteiger partial charge < -0.3 is 10.1 Å². The highest BCUT2D eigenvalue weighted by Gasteiger charge is 1.98. The fourth-order valence-corrected chi connectivity index (χ4v) is 2.26. The number of hydrogen-bond donors (Lipinski definition) is 1. The Bertz CT molecular complexity index is 574. The lowest BCUT2D eigenvalue weighted by atomic mass is 10.1. The van der Waals surface area contributed by atoms with Crippen molar-refractivity contribution in [2.24, 2.45) is 5.92 Å². The summed E-state index contributed by atoms with van der Waals surface area (Å²) < 4.78 is 5.45. The molecule has 0 radical (unpaired) electrons. The van der Waals surface area contributed by atoms with Gasteiger partial charge >= 0.3 is 6.01 Å². The molecule has 0 unspecified atom stereocenters. The third-order valence-electron chi connectivity index (χ3n) is 3.53. The average Bonchev–Trinajstić information content (AvgIpc) is 2.61. The van der Waals surface area contributed by atoms with Gasteiger partial charge in [-0.05, 0) is 31.2 Å². The standard InChI is InChI=1S/C20H30ClN3O2/c1-17(2)16-23-19(25)12-10-8-6-4-3-5-7-9-11-15-26-20-22-14-13-18(21)24-20/h6,8,10,12-14,17H,3-5,7,9,11,15-16H2,1-2H3,(H,23,25)/b8-6+,12-10+. The molecule has 0 bridgehead atoms. The molecule has 1 N–H and O–H groups in total. The van der Waals surface area contributed by atoms with Gasteiger partial charge in [-0.1, -0.05) is 62.9 Å². The number of amides is 1. The van der Waals surface area contributed by atoms with Crippen LogP contribution in [0, 0.1) is 5.92 Å². The van der Waals surface area contributed by atoms with E-state index in [0.29, 0.717) is 30.2 Å². The Labute approximate surface area is 161 Å². The summed E-state index contributed by atoms with van der Waals surface area (Å²) in [5.74, 6) is 0.438. The van der Waals surface area contributed by atoms with E-state index in [-0.39, 0.29) is 5.91 Å². The van der Waals surface area contributed by atoms with Crippen molar-refractivity contribution in [1.82, 2.24) is 15.3 Å². The fourth-order valence-electron chi connectivity index (χ4n) is 2.13. The molecular formula is C20H30ClN3O2. The van der Waals surface area contributed by atoms with Crippen LogP contribution in [0.1, 0.15) is 52.4 Å². The lowest BCUT2D eigenvalue weighted by Gasteiger charge is -2.04. The number of nitrogens with zero attached hydrogens (tertiary/aromatic N) is 2. The maximum absolute atomic E-state index is 11.5. The zero-order chi connectivity index (χ0) is 19.0. The minimum atomic E-state index is -0.0336. The molecule has 1 aromatic rings. The summed E-state index contributed by atoms with van der Waals surface area (Å²) in [7, 11) is 0. The number of rotatable bonds is 13. The zero-order valence-corrected chi connectivity index (χ0v) is 16.5. The van der Waals surface area contributed by atoms with E-state index >= 15 is 0 Å². The Morgan fingerprint density at radius 3 is 2.77 bits per heavy atom. The third kappa shape index (κ3) is 12.5. The molecule has 1 heterocycles. The molecule has 0 aliphatic carbocycles. The number of hydrogen-bond acceptors (Lipinski definition) is 4. The zero-order valence-electron chi connectivity index (χ0n) is 15.8. The van der Waals surface area contributed by atoms with Gasteiger partial charge in [-0.15, -0.1) is 0 Å². The topological polar surface area (TPSA) is 64.1 Å². The van der Waals surface area contributed by atoms with E-state index in [2.05, 4.69) is 35.2 Å². The van der Waals surface area contributed by atoms with Crippen molar-refractivity contribution in [3.8, 4) is 6.01 Å². The van der Waals surface area contributed by atoms with Crippen molar-refractivity contribution < 1.29 is 9.53 Å². The van der Waals surface area contributed by atoms with E-state index in [9.17, 15) is 4.79 Å². The largest absolute Gasteiger partial charge is 0.463 e. The van der Waals surface area contributed by atoms with Crippen LogP contribution >= 0.6 is 11.6 Å². The van der Waals surface area contributed by atoms with Crippen molar-refractivity contribution in [2.75, 3.05) is 13.2 Å². The van der Waals surface area contributed by atoms with Crippen LogP contribution in [0.25, 0.3) is 0 Å². The normalized spacial score (nSPS) is 11.5. The Hall–Kier alpha value is -1.88. The number of carbonyl (C=O) groups excluding carboxylic acids is 1. The maximum atomic E-state index is 11.5. The lowest BCUT2D eigenvalue weighted by Crippen LogP contribution is -2.25. The SMILES string of the molecule is CC(C)CNC(=O)/C=C/C=C/CCCCCCCOc1nccc(Cl)n1. The van der Waals surface area contributed by atoms with Gasteiger partial charge in [0, 0.05) is 18.8 Å². The lowest BCUT2D eigenvalue weighted by molar-refractivity contribution is -0.116. The van der Waals surface area contributed by atoms with Crippen LogP contribution in [0.2, 0.25) is 5.15 Å². The molecule has 0 atom stereocenters. The first-order chi connectivity index (χ1) is 12.6. The Morgan fingerprint density at radius 2 is 2.00 bits per heavy atom. The van der Waals surface area contributed by atoms with E-state index in [0.717, 1.165) is 25.7 Å². The molecule has 0 aliphatic rings. The van der Waals surface area contributed by atoms with Crippen LogP contribution in [0.3, 0.4) is 0 Å². The predicted molar refractivity (Wildman–Crippen MR) is 106 cm³/mol. The van der Waals surface area contributed by atoms with E-state index in [1.54, 1.807) is 24.4 Å². The second-order valence-corrected chi connectivity index (χ2v) is 6.88. The third-order valence-corrected chi connectivity index (χ3v) is 3.74. The highest BCUT2D eigenvalue weighted by atomic mass is 35.5. The van der Waals surface area contributed by atoms with Gasteiger partial charge in [0.05, 0.1) is 6.61 Å². The van der Waals surface area contributed by atoms with Gasteiger partial charge in [-0.2, -0.15) is 4.98 Å². The summed E-state index contributed by atoms with van der Waals surface area (Å²) in [6, 6.07) is 1.97. The van der Waals surface area contributed by atoms with Crippen LogP contribution in [0.4, 0.5) is 0 Å². The first kappa shape index (κ1) is 22.2. The minimum absolute atomic E-state index is 0.0336. The number of halogens is 1. The molecule has 1 rings (SSSR count).